The van der Waals surface area contributed by atoms with Gasteiger partial charge in [-0.2, -0.15) is 10.00 Å². The molecule has 3 amide bonds. The zero-order valence-corrected chi connectivity index (χ0v) is 38.2. The number of alkyl halides is 2. The number of pyridine rings is 1. The van der Waals surface area contributed by atoms with Crippen LogP contribution in [-0.2, 0) is 19.0 Å². The molecule has 3 aromatic heterocycles. The number of anilines is 2. The Balaban J connectivity index is 1.83. The highest BCUT2D eigenvalue weighted by molar-refractivity contribution is 6.20. The summed E-state index contributed by atoms with van der Waals surface area (Å²) < 4.78 is 85.8. The number of nitrogens with zero attached hydrogens (tertiary/aromatic N) is 6. The summed E-state index contributed by atoms with van der Waals surface area (Å²) in [4.78, 5) is 77.0. The monoisotopic (exact) mass is 912 g/mol. The van der Waals surface area contributed by atoms with E-state index in [1.807, 2.05) is 0 Å². The fourth-order valence-electron chi connectivity index (χ4n) is 6.49. The predicted octanol–water partition coefficient (Wildman–Crippen LogP) is 10.4. The first-order valence-corrected chi connectivity index (χ1v) is 20.5. The van der Waals surface area contributed by atoms with Crippen LogP contribution in [0.1, 0.15) is 111 Å². The van der Waals surface area contributed by atoms with Crippen molar-refractivity contribution in [2.24, 2.45) is 0 Å². The molecule has 0 radical (unpaired) electrons. The summed E-state index contributed by atoms with van der Waals surface area (Å²) in [7, 11) is 0. The number of hydrogen-bond acceptors (Lipinski definition) is 12. The molecule has 350 valence electrons. The van der Waals surface area contributed by atoms with Gasteiger partial charge in [0.25, 0.3) is 6.43 Å². The third-order valence-electron chi connectivity index (χ3n) is 9.05. The minimum atomic E-state index is -2.89. The van der Waals surface area contributed by atoms with Crippen molar-refractivity contribution in [3.8, 4) is 17.3 Å². The average molecular weight is 913 g/mol. The third kappa shape index (κ3) is 11.5. The van der Waals surface area contributed by atoms with Gasteiger partial charge < -0.3 is 28.6 Å². The van der Waals surface area contributed by atoms with Crippen molar-refractivity contribution < 1.29 is 65.2 Å². The van der Waals surface area contributed by atoms with Crippen LogP contribution >= 0.6 is 0 Å². The molecule has 0 unspecified atom stereocenters. The normalized spacial score (nSPS) is 14.1. The number of imide groups is 1. The molecule has 1 aromatic carbocycles. The largest absolute Gasteiger partial charge is 0.485 e. The Morgan fingerprint density at radius 1 is 0.877 bits per heavy atom. The molecule has 5 rings (SSSR count). The minimum absolute atomic E-state index is 0.00806. The second kappa shape index (κ2) is 18.8. The van der Waals surface area contributed by atoms with E-state index in [1.54, 1.807) is 20.8 Å². The smallest absolute Gasteiger partial charge is 0.425 e. The number of rotatable bonds is 11. The molecule has 1 aliphatic heterocycles. The number of benzene rings is 1. The molecule has 0 bridgehead atoms. The van der Waals surface area contributed by atoms with Crippen molar-refractivity contribution in [1.82, 2.24) is 19.3 Å². The van der Waals surface area contributed by atoms with Gasteiger partial charge >= 0.3 is 18.3 Å². The number of carbonyl (C=O) groups is 5. The van der Waals surface area contributed by atoms with E-state index in [1.165, 1.54) is 84.6 Å². The minimum Gasteiger partial charge on any atom is -0.485 e. The summed E-state index contributed by atoms with van der Waals surface area (Å²) in [5.41, 5.74) is -4.12. The molecule has 0 spiro atoms. The molecule has 4 heterocycles. The first-order valence-electron chi connectivity index (χ1n) is 20.5. The first-order chi connectivity index (χ1) is 30.1. The molecular weight excluding hydrogens is 861 g/mol. The number of ether oxygens (including phenoxy) is 5. The number of fused-ring (bicyclic) bond motifs is 1. The predicted molar refractivity (Wildman–Crippen MR) is 230 cm³/mol. The molecule has 65 heavy (non-hydrogen) atoms. The maximum absolute atomic E-state index is 15.3. The fourth-order valence-corrected chi connectivity index (χ4v) is 6.49. The molecule has 16 nitrogen and oxygen atoms in total. The fraction of sp³-hybridized carbons (Fsp3) is 0.444. The summed E-state index contributed by atoms with van der Waals surface area (Å²) in [5, 5.41) is 4.53. The Hall–Kier alpha value is -6.73. The summed E-state index contributed by atoms with van der Waals surface area (Å²) in [6, 6.07) is 5.19. The van der Waals surface area contributed by atoms with Crippen LogP contribution in [0.5, 0.6) is 11.6 Å². The molecule has 0 aliphatic carbocycles. The van der Waals surface area contributed by atoms with Gasteiger partial charge in [-0.25, -0.2) is 46.2 Å². The van der Waals surface area contributed by atoms with Crippen LogP contribution in [0.25, 0.3) is 16.6 Å². The number of allylic oxidation sites excluding steroid dienone is 3. The zero-order chi connectivity index (χ0) is 48.5. The van der Waals surface area contributed by atoms with E-state index in [0.717, 1.165) is 34.6 Å². The quantitative estimate of drug-likeness (QED) is 0.0459. The van der Waals surface area contributed by atoms with Gasteiger partial charge in [-0.1, -0.05) is 0 Å². The highest BCUT2D eigenvalue weighted by atomic mass is 19.3. The van der Waals surface area contributed by atoms with Gasteiger partial charge in [0, 0.05) is 24.4 Å². The van der Waals surface area contributed by atoms with Crippen molar-refractivity contribution in [2.75, 3.05) is 23.0 Å². The second-order valence-corrected chi connectivity index (χ2v) is 17.9. The van der Waals surface area contributed by atoms with Crippen LogP contribution < -0.4 is 19.3 Å². The Bertz CT molecular complexity index is 2560. The second-order valence-electron chi connectivity index (χ2n) is 17.9. The van der Waals surface area contributed by atoms with Crippen LogP contribution in [0, 0.1) is 6.92 Å². The highest BCUT2D eigenvalue weighted by Crippen LogP contribution is 2.39. The van der Waals surface area contributed by atoms with Crippen molar-refractivity contribution in [3.63, 3.8) is 0 Å². The van der Waals surface area contributed by atoms with Gasteiger partial charge in [0.05, 0.1) is 34.8 Å². The molecule has 0 N–H and O–H groups in total. The molecule has 0 saturated carbocycles. The van der Waals surface area contributed by atoms with E-state index in [2.05, 4.69) is 10.1 Å². The van der Waals surface area contributed by atoms with Crippen LogP contribution in [0.2, 0.25) is 0 Å². The Kier molecular flexibility index (Phi) is 14.2. The lowest BCUT2D eigenvalue weighted by molar-refractivity contribution is -0.117. The summed E-state index contributed by atoms with van der Waals surface area (Å²) in [5.74, 6) is -5.01. The Morgan fingerprint density at radius 3 is 2.00 bits per heavy atom. The first kappa shape index (κ1) is 49.3. The highest BCUT2D eigenvalue weighted by Gasteiger charge is 2.40. The van der Waals surface area contributed by atoms with Crippen LogP contribution in [0.4, 0.5) is 43.5 Å². The van der Waals surface area contributed by atoms with Crippen molar-refractivity contribution in [1.29, 1.82) is 0 Å². The number of aryl methyl sites for hydroxylation is 1. The van der Waals surface area contributed by atoms with Crippen LogP contribution in [0.15, 0.2) is 60.1 Å². The van der Waals surface area contributed by atoms with Gasteiger partial charge in [0.1, 0.15) is 40.7 Å². The SMILES string of the molecule is C/C=C(F)\C(Oc1cc(C)c(-n2ncc(C(=O)c3cc4cc(OCC(F)F)c(N5CCCC5=O)cc4n3C(=O)OC(C)(C)C)c2N(C(=O)OC(C)(C)C)C(=O)OC(C)(C)C)cn1)=C(/C)F. The Morgan fingerprint density at radius 2 is 1.49 bits per heavy atom. The topological polar surface area (TPSA) is 174 Å². The third-order valence-corrected chi connectivity index (χ3v) is 9.05. The van der Waals surface area contributed by atoms with E-state index in [9.17, 15) is 36.7 Å². The molecule has 0 atom stereocenters. The van der Waals surface area contributed by atoms with E-state index in [0.29, 0.717) is 11.3 Å². The molecule has 1 fully saturated rings. The molecule has 1 aliphatic rings. The lowest BCUT2D eigenvalue weighted by Crippen LogP contribution is -2.45. The van der Waals surface area contributed by atoms with Gasteiger partial charge in [-0.15, -0.1) is 0 Å². The molecule has 4 aromatic rings. The summed E-state index contributed by atoms with van der Waals surface area (Å²) >= 11 is 0. The van der Waals surface area contributed by atoms with E-state index in [-0.39, 0.29) is 58.3 Å². The standard InChI is InChI=1S/C45H52F4N6O10/c1-13-28(47)38(25(3)46)62-35-17-24(2)32(22-50-35)55-39(54(41(59)64-44(7,8)9)42(60)65-45(10,11)12)27(21-51-55)37(57)31-18-26-19-33(61-23-34(48)49)30(52-16-14-15-36(52)56)20-29(26)53(31)40(58)63-43(4,5)6/h13,17-22,34H,14-16,23H2,1-12H3/b28-13+,38-25-. The number of halogens is 4. The Labute approximate surface area is 372 Å². The lowest BCUT2D eigenvalue weighted by Gasteiger charge is -2.29. The number of hydrogen-bond donors (Lipinski definition) is 0. The van der Waals surface area contributed by atoms with Crippen LogP contribution in [0.3, 0.4) is 0 Å². The van der Waals surface area contributed by atoms with Crippen molar-refractivity contribution in [3.05, 3.63) is 77.0 Å². The zero-order valence-electron chi connectivity index (χ0n) is 38.2. The van der Waals surface area contributed by atoms with Crippen LogP contribution in [-0.4, -0.2) is 85.7 Å². The van der Waals surface area contributed by atoms with Crippen molar-refractivity contribution >= 4 is 52.4 Å². The summed E-state index contributed by atoms with van der Waals surface area (Å²) in [6.45, 7) is 17.0. The number of ketones is 1. The van der Waals surface area contributed by atoms with Gasteiger partial charge in [0.2, 0.25) is 17.6 Å². The van der Waals surface area contributed by atoms with Gasteiger partial charge in [-0.3, -0.25) is 9.59 Å². The number of carbonyl (C=O) groups excluding carboxylic acids is 5. The lowest BCUT2D eigenvalue weighted by atomic mass is 10.1. The van der Waals surface area contributed by atoms with Crippen molar-refractivity contribution in [2.45, 2.75) is 119 Å². The van der Waals surface area contributed by atoms with E-state index >= 15 is 4.79 Å². The maximum Gasteiger partial charge on any atom is 0.425 e. The molecule has 1 saturated heterocycles. The van der Waals surface area contributed by atoms with Gasteiger partial charge in [0.15, 0.2) is 17.4 Å². The number of aromatic nitrogens is 4. The average Bonchev–Trinajstić information content (AvgIpc) is 3.89. The summed E-state index contributed by atoms with van der Waals surface area (Å²) in [6.07, 6.45) is -2.80. The van der Waals surface area contributed by atoms with E-state index in [4.69, 9.17) is 23.7 Å². The van der Waals surface area contributed by atoms with E-state index < -0.39 is 88.4 Å². The molecular formula is C45H52F4N6O10. The van der Waals surface area contributed by atoms with Gasteiger partial charge in [-0.05, 0) is 119 Å². The number of amides is 3. The molecule has 20 heteroatoms. The maximum atomic E-state index is 15.3.